The van der Waals surface area contributed by atoms with Crippen LogP contribution in [0.25, 0.3) is 0 Å². The van der Waals surface area contributed by atoms with Gasteiger partial charge in [0, 0.05) is 0 Å². The Bertz CT molecular complexity index is 112. The Hall–Kier alpha value is -0.271. The third kappa shape index (κ3) is 0.614. The minimum absolute atomic E-state index is 0.843. The van der Waals surface area contributed by atoms with Crippen LogP contribution in [0.5, 0.6) is 0 Å². The number of nitrogens with zero attached hydrogens (tertiary/aromatic N) is 1. The van der Waals surface area contributed by atoms with Gasteiger partial charge in [-0.05, 0) is 0 Å². The summed E-state index contributed by atoms with van der Waals surface area (Å²) in [6.07, 6.45) is 3.47. The monoisotopic (exact) mass is 147 g/mol. The Morgan fingerprint density at radius 2 is 2.67 bits per heavy atom. The molecule has 6 heavy (non-hydrogen) atoms. The Kier molecular flexibility index (Phi) is 0.945. The Morgan fingerprint density at radius 1 is 1.83 bits per heavy atom. The molecule has 2 nitrogen and oxygen atoms in total. The van der Waals surface area contributed by atoms with Crippen molar-refractivity contribution in [2.75, 3.05) is 0 Å². The summed E-state index contributed by atoms with van der Waals surface area (Å²) < 4.78 is 0.843. The molecule has 0 unspecified atom stereocenters. The van der Waals surface area contributed by atoms with Gasteiger partial charge in [0.05, 0.1) is 0 Å². The van der Waals surface area contributed by atoms with Crippen LogP contribution >= 0.6 is 0 Å². The molecule has 0 saturated carbocycles. The quantitative estimate of drug-likeness (QED) is 0.477. The number of nitrogens with one attached hydrogen (secondary N) is 1. The normalized spacial score (nSPS) is 8.67. The second kappa shape index (κ2) is 1.45. The standard InChI is InChI=1S/C3H3N2Se/c6-3-4-1-2-5-3/h1-2H,(H,4,5). The van der Waals surface area contributed by atoms with Gasteiger partial charge in [-0.3, -0.25) is 0 Å². The van der Waals surface area contributed by atoms with Crippen LogP contribution in [0.4, 0.5) is 0 Å². The Labute approximate surface area is 43.8 Å². The fraction of sp³-hybridized carbons (Fsp3) is 0. The van der Waals surface area contributed by atoms with Gasteiger partial charge in [-0.1, -0.05) is 0 Å². The van der Waals surface area contributed by atoms with Gasteiger partial charge in [0.1, 0.15) is 0 Å². The van der Waals surface area contributed by atoms with Crippen molar-refractivity contribution in [2.24, 2.45) is 0 Å². The van der Waals surface area contributed by atoms with Crippen LogP contribution in [0.2, 0.25) is 0 Å². The summed E-state index contributed by atoms with van der Waals surface area (Å²) in [7, 11) is 0. The molecule has 0 aliphatic rings. The number of H-pyrrole nitrogens is 1. The molecule has 31 valence electrons. The molecular formula is C3H3N2Se. The summed E-state index contributed by atoms with van der Waals surface area (Å²) in [5.41, 5.74) is 0. The molecule has 1 aromatic heterocycles. The van der Waals surface area contributed by atoms with E-state index in [4.69, 9.17) is 0 Å². The maximum absolute atomic E-state index is 3.81. The van der Waals surface area contributed by atoms with Crippen molar-refractivity contribution in [3.05, 3.63) is 12.4 Å². The number of aromatic amines is 1. The summed E-state index contributed by atoms with van der Waals surface area (Å²) >= 11 is 2.72. The first-order chi connectivity index (χ1) is 2.89. The van der Waals surface area contributed by atoms with E-state index in [-0.39, 0.29) is 0 Å². The van der Waals surface area contributed by atoms with E-state index in [1.165, 1.54) is 0 Å². The van der Waals surface area contributed by atoms with Crippen molar-refractivity contribution < 1.29 is 0 Å². The van der Waals surface area contributed by atoms with E-state index in [9.17, 15) is 0 Å². The van der Waals surface area contributed by atoms with Crippen LogP contribution in [0, 0.1) is 0 Å². The van der Waals surface area contributed by atoms with E-state index in [1.807, 2.05) is 0 Å². The summed E-state index contributed by atoms with van der Waals surface area (Å²) in [6, 6.07) is 0. The Morgan fingerprint density at radius 3 is 2.83 bits per heavy atom. The average Bonchev–Trinajstić information content (AvgIpc) is 1.86. The van der Waals surface area contributed by atoms with Gasteiger partial charge in [-0.15, -0.1) is 0 Å². The van der Waals surface area contributed by atoms with Crippen molar-refractivity contribution >= 4 is 20.7 Å². The van der Waals surface area contributed by atoms with Crippen molar-refractivity contribution in [3.8, 4) is 0 Å². The molecule has 1 radical (unpaired) electrons. The van der Waals surface area contributed by atoms with E-state index in [1.54, 1.807) is 12.4 Å². The minimum atomic E-state index is 0.843. The van der Waals surface area contributed by atoms with Crippen molar-refractivity contribution in [3.63, 3.8) is 0 Å². The average molecular weight is 146 g/mol. The fourth-order valence-corrected chi connectivity index (χ4v) is 0.521. The number of hydrogen-bond donors (Lipinski definition) is 1. The molecule has 0 fully saturated rings. The van der Waals surface area contributed by atoms with Crippen LogP contribution in [0.3, 0.4) is 0 Å². The summed E-state index contributed by atoms with van der Waals surface area (Å²) in [6.45, 7) is 0. The van der Waals surface area contributed by atoms with Gasteiger partial charge in [0.25, 0.3) is 0 Å². The van der Waals surface area contributed by atoms with E-state index in [0.717, 1.165) is 4.72 Å². The van der Waals surface area contributed by atoms with Crippen molar-refractivity contribution in [1.82, 2.24) is 9.97 Å². The van der Waals surface area contributed by atoms with Crippen molar-refractivity contribution in [1.29, 1.82) is 0 Å². The van der Waals surface area contributed by atoms with E-state index < -0.39 is 0 Å². The third-order valence-corrected chi connectivity index (χ3v) is 0.942. The predicted molar refractivity (Wildman–Crippen MR) is 24.0 cm³/mol. The van der Waals surface area contributed by atoms with Gasteiger partial charge in [-0.2, -0.15) is 0 Å². The molecule has 0 atom stereocenters. The topological polar surface area (TPSA) is 28.7 Å². The molecule has 0 bridgehead atoms. The third-order valence-electron chi connectivity index (χ3n) is 0.473. The second-order valence-electron chi connectivity index (χ2n) is 0.894. The molecule has 0 aromatic carbocycles. The molecule has 0 spiro atoms. The number of imidazole rings is 1. The zero-order valence-electron chi connectivity index (χ0n) is 3.01. The molecule has 1 heterocycles. The number of hydrogen-bond acceptors (Lipinski definition) is 1. The predicted octanol–water partition coefficient (Wildman–Crippen LogP) is -0.797. The first-order valence-corrected chi connectivity index (χ1v) is 2.41. The molecule has 0 saturated heterocycles. The zero-order valence-corrected chi connectivity index (χ0v) is 4.72. The van der Waals surface area contributed by atoms with Gasteiger partial charge in [0.2, 0.25) is 0 Å². The van der Waals surface area contributed by atoms with Crippen molar-refractivity contribution in [2.45, 2.75) is 0 Å². The molecular weight excluding hydrogens is 143 g/mol. The Balaban J connectivity index is 3.05. The second-order valence-corrected chi connectivity index (χ2v) is 1.71. The number of rotatable bonds is 0. The van der Waals surface area contributed by atoms with E-state index in [0.29, 0.717) is 0 Å². The van der Waals surface area contributed by atoms with Crippen LogP contribution in [0.15, 0.2) is 12.4 Å². The summed E-state index contributed by atoms with van der Waals surface area (Å²) in [4.78, 5) is 6.64. The summed E-state index contributed by atoms with van der Waals surface area (Å²) in [5.74, 6) is 0. The molecule has 3 heteroatoms. The van der Waals surface area contributed by atoms with E-state index >= 15 is 0 Å². The molecule has 0 aliphatic carbocycles. The first kappa shape index (κ1) is 3.90. The van der Waals surface area contributed by atoms with Gasteiger partial charge >= 0.3 is 43.1 Å². The SMILES string of the molecule is [Se]c1ncc[nH]1. The van der Waals surface area contributed by atoms with Gasteiger partial charge in [0.15, 0.2) is 0 Å². The zero-order chi connectivity index (χ0) is 4.41. The maximum atomic E-state index is 3.81. The first-order valence-electron chi connectivity index (χ1n) is 1.56. The van der Waals surface area contributed by atoms with Gasteiger partial charge in [-0.25, -0.2) is 0 Å². The van der Waals surface area contributed by atoms with Crippen LogP contribution in [0.1, 0.15) is 0 Å². The van der Waals surface area contributed by atoms with Crippen LogP contribution < -0.4 is 4.72 Å². The van der Waals surface area contributed by atoms with E-state index in [2.05, 4.69) is 26.0 Å². The molecule has 1 N–H and O–H groups in total. The molecule has 0 aliphatic heterocycles. The van der Waals surface area contributed by atoms with Crippen LogP contribution in [-0.4, -0.2) is 26.0 Å². The fourth-order valence-electron chi connectivity index (χ4n) is 0.251. The molecule has 0 amide bonds. The molecule has 1 aromatic rings. The molecule has 1 rings (SSSR count). The number of aromatic nitrogens is 2. The van der Waals surface area contributed by atoms with Crippen LogP contribution in [-0.2, 0) is 0 Å². The summed E-state index contributed by atoms with van der Waals surface area (Å²) in [5, 5.41) is 0. The van der Waals surface area contributed by atoms with Gasteiger partial charge < -0.3 is 0 Å².